The van der Waals surface area contributed by atoms with Crippen molar-refractivity contribution in [3.63, 3.8) is 0 Å². The van der Waals surface area contributed by atoms with E-state index >= 15 is 0 Å². The molecule has 0 spiro atoms. The Balaban J connectivity index is 1.99. The second-order valence-electron chi connectivity index (χ2n) is 8.65. The van der Waals surface area contributed by atoms with Crippen molar-refractivity contribution in [1.82, 2.24) is 9.89 Å². The number of halogens is 3. The molecule has 2 aromatic carbocycles. The highest BCUT2D eigenvalue weighted by molar-refractivity contribution is 5.78. The zero-order valence-corrected chi connectivity index (χ0v) is 17.1. The molecular weight excluding hydrogens is 409 g/mol. The van der Waals surface area contributed by atoms with Gasteiger partial charge in [-0.25, -0.2) is 0 Å². The van der Waals surface area contributed by atoms with Crippen LogP contribution in [0.2, 0.25) is 0 Å². The number of aliphatic hydroxyl groups is 1. The number of hydrogen-bond donors (Lipinski definition) is 3. The molecule has 0 amide bonds. The van der Waals surface area contributed by atoms with Gasteiger partial charge < -0.3 is 10.2 Å². The lowest BCUT2D eigenvalue weighted by atomic mass is 9.63. The van der Waals surface area contributed by atoms with E-state index < -0.39 is 29.7 Å². The number of phenols is 1. The maximum Gasteiger partial charge on any atom is 0.419 e. The van der Waals surface area contributed by atoms with Crippen LogP contribution in [0, 0.1) is 18.3 Å². The third-order valence-electron chi connectivity index (χ3n) is 6.04. The molecule has 1 aliphatic rings. The number of nitrogens with one attached hydrogen (secondary N) is 1. The average molecular weight is 430 g/mol. The van der Waals surface area contributed by atoms with Crippen LogP contribution in [0.15, 0.2) is 36.5 Å². The first-order valence-corrected chi connectivity index (χ1v) is 9.66. The minimum absolute atomic E-state index is 0.00700. The van der Waals surface area contributed by atoms with Gasteiger partial charge in [0.2, 0.25) is 0 Å². The van der Waals surface area contributed by atoms with Gasteiger partial charge in [0.15, 0.2) is 5.60 Å². The topological polar surface area (TPSA) is 94.1 Å². The van der Waals surface area contributed by atoms with Crippen molar-refractivity contribution in [2.45, 2.75) is 50.4 Å². The van der Waals surface area contributed by atoms with E-state index in [9.17, 15) is 28.6 Å². The van der Waals surface area contributed by atoms with Crippen LogP contribution in [0.3, 0.4) is 0 Å². The van der Waals surface area contributed by atoms with Gasteiger partial charge in [0.25, 0.3) is 0 Å². The average Bonchev–Trinajstić information content (AvgIpc) is 3.06. The molecule has 2 atom stereocenters. The highest BCUT2D eigenvalue weighted by Crippen LogP contribution is 2.56. The van der Waals surface area contributed by atoms with Gasteiger partial charge in [-0.05, 0) is 36.0 Å². The largest absolute Gasteiger partial charge is 0.506 e. The summed E-state index contributed by atoms with van der Waals surface area (Å²) in [4.78, 5) is 1.20. The second-order valence-corrected chi connectivity index (χ2v) is 8.65. The summed E-state index contributed by atoms with van der Waals surface area (Å²) in [5.41, 5.74) is -0.538. The van der Waals surface area contributed by atoms with Crippen LogP contribution in [0.25, 0.3) is 10.9 Å². The summed E-state index contributed by atoms with van der Waals surface area (Å²) in [7, 11) is 0. The highest BCUT2D eigenvalue weighted by Gasteiger charge is 2.64. The van der Waals surface area contributed by atoms with E-state index in [1.165, 1.54) is 37.8 Å². The van der Waals surface area contributed by atoms with E-state index in [-0.39, 0.29) is 22.4 Å². The molecule has 2 unspecified atom stereocenters. The van der Waals surface area contributed by atoms with Gasteiger partial charge in [0.05, 0.1) is 17.3 Å². The molecule has 1 aliphatic carbocycles. The molecule has 162 valence electrons. The fourth-order valence-electron chi connectivity index (χ4n) is 4.66. The van der Waals surface area contributed by atoms with Crippen molar-refractivity contribution < 1.29 is 23.4 Å². The number of aromatic hydroxyl groups is 1. The molecule has 0 saturated carbocycles. The molecule has 3 N–H and O–H groups in total. The molecule has 4 rings (SSSR count). The first-order chi connectivity index (χ1) is 14.4. The maximum absolute atomic E-state index is 14.3. The van der Waals surface area contributed by atoms with Gasteiger partial charge in [-0.2, -0.15) is 28.3 Å². The minimum atomic E-state index is -4.97. The summed E-state index contributed by atoms with van der Waals surface area (Å²) in [6, 6.07) is 8.64. The number of alkyl halides is 3. The Morgan fingerprint density at radius 2 is 1.97 bits per heavy atom. The van der Waals surface area contributed by atoms with Crippen LogP contribution < -0.4 is 5.43 Å². The second kappa shape index (κ2) is 6.62. The van der Waals surface area contributed by atoms with Crippen LogP contribution in [0.1, 0.15) is 48.6 Å². The maximum atomic E-state index is 14.3. The lowest BCUT2D eigenvalue weighted by molar-refractivity contribution is -0.276. The summed E-state index contributed by atoms with van der Waals surface area (Å²) < 4.78 is 42.8. The third-order valence-corrected chi connectivity index (χ3v) is 6.04. The predicted octanol–water partition coefficient (Wildman–Crippen LogP) is 4.18. The molecule has 3 aromatic rings. The minimum Gasteiger partial charge on any atom is -0.506 e. The summed E-state index contributed by atoms with van der Waals surface area (Å²) >= 11 is 0. The standard InChI is InChI=1S/C22H21F3N4O2/c1-12-8-14-17(18(30)15(12)9-26)20(2,3)11-21(31,22(23,24)25)19(14)28-29-16-7-5-4-6-13(16)10-27-29/h4-8,10,19,28,30-31H,11H2,1-3H3. The molecule has 0 fully saturated rings. The number of rotatable bonds is 2. The van der Waals surface area contributed by atoms with Gasteiger partial charge in [0.1, 0.15) is 17.9 Å². The number of aromatic nitrogens is 2. The summed E-state index contributed by atoms with van der Waals surface area (Å²) in [5, 5.41) is 36.1. The Labute approximate surface area is 176 Å². The van der Waals surface area contributed by atoms with Crippen molar-refractivity contribution >= 4 is 10.9 Å². The predicted molar refractivity (Wildman–Crippen MR) is 108 cm³/mol. The molecule has 6 nitrogen and oxygen atoms in total. The molecule has 31 heavy (non-hydrogen) atoms. The summed E-state index contributed by atoms with van der Waals surface area (Å²) in [5.74, 6) is -0.358. The summed E-state index contributed by atoms with van der Waals surface area (Å²) in [6.45, 7) is 4.56. The lowest BCUT2D eigenvalue weighted by Gasteiger charge is -2.49. The van der Waals surface area contributed by atoms with Crippen LogP contribution >= 0.6 is 0 Å². The molecule has 0 radical (unpaired) electrons. The Morgan fingerprint density at radius 3 is 2.61 bits per heavy atom. The van der Waals surface area contributed by atoms with Crippen LogP contribution in [0.4, 0.5) is 13.2 Å². The SMILES string of the molecule is Cc1cc2c(c(O)c1C#N)C(C)(C)CC(O)(C(F)(F)F)C2Nn1ncc2ccccc21. The summed E-state index contributed by atoms with van der Waals surface area (Å²) in [6.07, 6.45) is -4.18. The molecular formula is C22H21F3N4O2. The van der Waals surface area contributed by atoms with Crippen molar-refractivity contribution in [2.75, 3.05) is 5.43 Å². The lowest BCUT2D eigenvalue weighted by Crippen LogP contribution is -2.59. The zero-order valence-electron chi connectivity index (χ0n) is 17.1. The van der Waals surface area contributed by atoms with Gasteiger partial charge >= 0.3 is 6.18 Å². The first kappa shape index (κ1) is 21.0. The molecule has 0 aliphatic heterocycles. The Morgan fingerprint density at radius 1 is 1.29 bits per heavy atom. The normalized spacial score (nSPS) is 22.7. The van der Waals surface area contributed by atoms with E-state index in [0.717, 1.165) is 0 Å². The van der Waals surface area contributed by atoms with E-state index in [2.05, 4.69) is 10.5 Å². The number of benzene rings is 2. The smallest absolute Gasteiger partial charge is 0.419 e. The van der Waals surface area contributed by atoms with Crippen molar-refractivity contribution in [1.29, 1.82) is 5.26 Å². The van der Waals surface area contributed by atoms with Gasteiger partial charge in [-0.15, -0.1) is 0 Å². The molecule has 0 saturated heterocycles. The van der Waals surface area contributed by atoms with E-state index in [4.69, 9.17) is 0 Å². The van der Waals surface area contributed by atoms with E-state index in [1.807, 2.05) is 6.07 Å². The number of hydrogen-bond acceptors (Lipinski definition) is 5. The van der Waals surface area contributed by atoms with Gasteiger partial charge in [-0.1, -0.05) is 38.1 Å². The fraction of sp³-hybridized carbons (Fsp3) is 0.364. The van der Waals surface area contributed by atoms with E-state index in [0.29, 0.717) is 16.5 Å². The number of fused-ring (bicyclic) bond motifs is 2. The van der Waals surface area contributed by atoms with Crippen LogP contribution in [0.5, 0.6) is 5.75 Å². The molecule has 1 aromatic heterocycles. The fourth-order valence-corrected chi connectivity index (χ4v) is 4.66. The zero-order chi connectivity index (χ0) is 22.8. The van der Waals surface area contributed by atoms with Crippen molar-refractivity contribution in [3.8, 4) is 11.8 Å². The molecule has 1 heterocycles. The Kier molecular flexibility index (Phi) is 4.49. The third kappa shape index (κ3) is 3.01. The highest BCUT2D eigenvalue weighted by atomic mass is 19.4. The molecule has 9 heteroatoms. The van der Waals surface area contributed by atoms with Crippen molar-refractivity contribution in [2.24, 2.45) is 0 Å². The number of phenolic OH excluding ortho intramolecular Hbond substituents is 1. The van der Waals surface area contributed by atoms with Gasteiger partial charge in [-0.3, -0.25) is 5.43 Å². The molecule has 0 bridgehead atoms. The van der Waals surface area contributed by atoms with Crippen LogP contribution in [-0.2, 0) is 5.41 Å². The van der Waals surface area contributed by atoms with Gasteiger partial charge in [0, 0.05) is 10.9 Å². The number of para-hydroxylation sites is 1. The number of nitrogens with zero attached hydrogens (tertiary/aromatic N) is 3. The monoisotopic (exact) mass is 430 g/mol. The first-order valence-electron chi connectivity index (χ1n) is 9.66. The van der Waals surface area contributed by atoms with Crippen molar-refractivity contribution in [3.05, 3.63) is 58.8 Å². The number of aryl methyl sites for hydroxylation is 1. The van der Waals surface area contributed by atoms with Crippen LogP contribution in [-0.4, -0.2) is 31.9 Å². The number of nitriles is 1. The quantitative estimate of drug-likeness (QED) is 0.567. The Bertz CT molecular complexity index is 1230. The Hall–Kier alpha value is -3.25. The van der Waals surface area contributed by atoms with E-state index in [1.54, 1.807) is 24.3 Å².